The van der Waals surface area contributed by atoms with Crippen molar-refractivity contribution in [2.24, 2.45) is 16.3 Å². The van der Waals surface area contributed by atoms with Crippen molar-refractivity contribution in [2.45, 2.75) is 52.6 Å². The lowest BCUT2D eigenvalue weighted by atomic mass is 9.78. The molecule has 2 unspecified atom stereocenters. The first-order chi connectivity index (χ1) is 14.8. The quantitative estimate of drug-likeness (QED) is 0.302. The van der Waals surface area contributed by atoms with Gasteiger partial charge in [-0.1, -0.05) is 32.9 Å². The van der Waals surface area contributed by atoms with E-state index < -0.39 is 0 Å². The smallest absolute Gasteiger partial charge is 0.261 e. The minimum absolute atomic E-state index is 0.119. The lowest BCUT2D eigenvalue weighted by Crippen LogP contribution is -2.47. The number of imide groups is 1. The molecule has 1 aromatic rings. The van der Waals surface area contributed by atoms with Crippen molar-refractivity contribution in [1.82, 2.24) is 15.5 Å². The summed E-state index contributed by atoms with van der Waals surface area (Å²) < 4.78 is 6.06. The van der Waals surface area contributed by atoms with Crippen LogP contribution in [0.1, 0.15) is 67.2 Å². The van der Waals surface area contributed by atoms with Crippen molar-refractivity contribution in [3.63, 3.8) is 0 Å². The van der Waals surface area contributed by atoms with Crippen LogP contribution in [0, 0.1) is 11.3 Å². The monoisotopic (exact) mass is 428 g/mol. The van der Waals surface area contributed by atoms with Crippen LogP contribution in [0.4, 0.5) is 0 Å². The number of nitrogens with one attached hydrogen (secondary N) is 2. The molecule has 0 aromatic heterocycles. The molecule has 7 heteroatoms. The van der Waals surface area contributed by atoms with Gasteiger partial charge < -0.3 is 15.4 Å². The molecule has 1 fully saturated rings. The summed E-state index contributed by atoms with van der Waals surface area (Å²) >= 11 is 0. The fourth-order valence-electron chi connectivity index (χ4n) is 4.50. The first-order valence-electron chi connectivity index (χ1n) is 11.3. The summed E-state index contributed by atoms with van der Waals surface area (Å²) in [4.78, 5) is 30.5. The molecule has 170 valence electrons. The number of rotatable bonds is 7. The van der Waals surface area contributed by atoms with E-state index in [1.165, 1.54) is 4.90 Å². The van der Waals surface area contributed by atoms with Gasteiger partial charge in [-0.05, 0) is 43.2 Å². The van der Waals surface area contributed by atoms with Crippen LogP contribution in [0.2, 0.25) is 0 Å². The number of aliphatic imine (C=N–C) groups is 1. The van der Waals surface area contributed by atoms with Gasteiger partial charge in [0.2, 0.25) is 0 Å². The van der Waals surface area contributed by atoms with Gasteiger partial charge in [0.25, 0.3) is 11.8 Å². The number of nitrogens with zero attached hydrogens (tertiary/aromatic N) is 2. The van der Waals surface area contributed by atoms with E-state index in [1.807, 2.05) is 0 Å². The van der Waals surface area contributed by atoms with E-state index in [0.29, 0.717) is 23.6 Å². The highest BCUT2D eigenvalue weighted by Gasteiger charge is 2.36. The van der Waals surface area contributed by atoms with Crippen LogP contribution < -0.4 is 10.6 Å². The molecule has 2 amide bonds. The summed E-state index contributed by atoms with van der Waals surface area (Å²) in [6.45, 7) is 9.54. The van der Waals surface area contributed by atoms with Crippen molar-refractivity contribution >= 4 is 17.8 Å². The molecule has 1 saturated heterocycles. The first-order valence-corrected chi connectivity index (χ1v) is 11.3. The third-order valence-corrected chi connectivity index (χ3v) is 6.03. The maximum Gasteiger partial charge on any atom is 0.261 e. The van der Waals surface area contributed by atoms with E-state index in [0.717, 1.165) is 51.3 Å². The highest BCUT2D eigenvalue weighted by atomic mass is 16.5. The first kappa shape index (κ1) is 23.3. The number of carbonyl (C=O) groups is 2. The zero-order chi connectivity index (χ0) is 22.4. The standard InChI is InChI=1S/C24H36N4O3/c1-24(2,3)20-17(10-9-15-31-20)16-27-23(25-4)26-13-7-8-14-28-21(29)18-11-5-6-12-19(18)22(28)30/h5-6,11-12,17,20H,7-10,13-16H2,1-4H3,(H2,25,26,27). The highest BCUT2D eigenvalue weighted by molar-refractivity contribution is 6.21. The Bertz CT molecular complexity index is 780. The lowest BCUT2D eigenvalue weighted by Gasteiger charge is -2.40. The minimum atomic E-state index is -0.186. The lowest BCUT2D eigenvalue weighted by molar-refractivity contribution is -0.0835. The van der Waals surface area contributed by atoms with E-state index in [4.69, 9.17) is 4.74 Å². The minimum Gasteiger partial charge on any atom is -0.377 e. The maximum atomic E-state index is 12.4. The van der Waals surface area contributed by atoms with Crippen LogP contribution in [0.15, 0.2) is 29.3 Å². The number of guanidine groups is 1. The van der Waals surface area contributed by atoms with Gasteiger partial charge in [0.05, 0.1) is 17.2 Å². The molecule has 2 aliphatic heterocycles. The molecule has 2 heterocycles. The van der Waals surface area contributed by atoms with E-state index in [-0.39, 0.29) is 23.3 Å². The van der Waals surface area contributed by atoms with E-state index >= 15 is 0 Å². The zero-order valence-electron chi connectivity index (χ0n) is 19.2. The molecule has 0 spiro atoms. The van der Waals surface area contributed by atoms with Crippen LogP contribution in [0.25, 0.3) is 0 Å². The van der Waals surface area contributed by atoms with E-state index in [1.54, 1.807) is 31.3 Å². The van der Waals surface area contributed by atoms with Gasteiger partial charge in [0, 0.05) is 39.2 Å². The second kappa shape index (κ2) is 10.3. The van der Waals surface area contributed by atoms with Crippen molar-refractivity contribution in [1.29, 1.82) is 0 Å². The van der Waals surface area contributed by atoms with Crippen LogP contribution >= 0.6 is 0 Å². The Morgan fingerprint density at radius 2 is 1.81 bits per heavy atom. The molecule has 0 aliphatic carbocycles. The van der Waals surface area contributed by atoms with Gasteiger partial charge in [-0.15, -0.1) is 0 Å². The van der Waals surface area contributed by atoms with E-state index in [9.17, 15) is 9.59 Å². The molecule has 2 aliphatic rings. The topological polar surface area (TPSA) is 83.0 Å². The fourth-order valence-corrected chi connectivity index (χ4v) is 4.50. The number of hydrogen-bond acceptors (Lipinski definition) is 4. The van der Waals surface area contributed by atoms with Gasteiger partial charge >= 0.3 is 0 Å². The number of hydrogen-bond donors (Lipinski definition) is 2. The van der Waals surface area contributed by atoms with Gasteiger partial charge in [-0.3, -0.25) is 19.5 Å². The SMILES string of the molecule is CN=C(NCCCCN1C(=O)c2ccccc2C1=O)NCC1CCCOC1C(C)(C)C. The summed E-state index contributed by atoms with van der Waals surface area (Å²) in [5.41, 5.74) is 1.14. The van der Waals surface area contributed by atoms with Crippen LogP contribution in [-0.4, -0.2) is 62.1 Å². The molecule has 7 nitrogen and oxygen atoms in total. The normalized spacial score (nSPS) is 21.9. The second-order valence-corrected chi connectivity index (χ2v) is 9.45. The fraction of sp³-hybridized carbons (Fsp3) is 0.625. The molecule has 1 aromatic carbocycles. The van der Waals surface area contributed by atoms with E-state index in [2.05, 4.69) is 36.4 Å². The maximum absolute atomic E-state index is 12.4. The molecule has 2 N–H and O–H groups in total. The van der Waals surface area contributed by atoms with Crippen molar-refractivity contribution in [2.75, 3.05) is 33.3 Å². The molecule has 0 radical (unpaired) electrons. The Morgan fingerprint density at radius 1 is 1.13 bits per heavy atom. The molecule has 0 bridgehead atoms. The Kier molecular flexibility index (Phi) is 7.70. The average molecular weight is 429 g/mol. The van der Waals surface area contributed by atoms with Crippen molar-refractivity contribution in [3.8, 4) is 0 Å². The number of fused-ring (bicyclic) bond motifs is 1. The van der Waals surface area contributed by atoms with Gasteiger partial charge in [-0.25, -0.2) is 0 Å². The Balaban J connectivity index is 1.38. The van der Waals surface area contributed by atoms with Crippen LogP contribution in [0.5, 0.6) is 0 Å². The third-order valence-electron chi connectivity index (χ3n) is 6.03. The third kappa shape index (κ3) is 5.64. The van der Waals surface area contributed by atoms with Crippen LogP contribution in [-0.2, 0) is 4.74 Å². The number of ether oxygens (including phenoxy) is 1. The van der Waals surface area contributed by atoms with Gasteiger partial charge in [0.1, 0.15) is 0 Å². The number of benzene rings is 1. The predicted molar refractivity (Wildman–Crippen MR) is 122 cm³/mol. The number of unbranched alkanes of at least 4 members (excludes halogenated alkanes) is 1. The predicted octanol–water partition coefficient (Wildman–Crippen LogP) is 3.07. The number of amides is 2. The zero-order valence-corrected chi connectivity index (χ0v) is 19.2. The summed E-state index contributed by atoms with van der Waals surface area (Å²) in [6.07, 6.45) is 4.09. The van der Waals surface area contributed by atoms with Gasteiger partial charge in [0.15, 0.2) is 5.96 Å². The second-order valence-electron chi connectivity index (χ2n) is 9.45. The Morgan fingerprint density at radius 3 is 2.42 bits per heavy atom. The van der Waals surface area contributed by atoms with Crippen molar-refractivity contribution < 1.29 is 14.3 Å². The summed E-state index contributed by atoms with van der Waals surface area (Å²) in [5, 5.41) is 6.78. The molecule has 31 heavy (non-hydrogen) atoms. The average Bonchev–Trinajstić information content (AvgIpc) is 3.00. The summed E-state index contributed by atoms with van der Waals surface area (Å²) in [5.74, 6) is 0.864. The summed E-state index contributed by atoms with van der Waals surface area (Å²) in [6, 6.07) is 7.01. The molecule has 2 atom stereocenters. The highest BCUT2D eigenvalue weighted by Crippen LogP contribution is 2.33. The largest absolute Gasteiger partial charge is 0.377 e. The molecular formula is C24H36N4O3. The molecule has 0 saturated carbocycles. The Hall–Kier alpha value is -2.41. The molecular weight excluding hydrogens is 392 g/mol. The summed E-state index contributed by atoms with van der Waals surface area (Å²) in [7, 11) is 1.77. The van der Waals surface area contributed by atoms with Crippen molar-refractivity contribution in [3.05, 3.63) is 35.4 Å². The molecule has 3 rings (SSSR count). The van der Waals surface area contributed by atoms with Gasteiger partial charge in [-0.2, -0.15) is 0 Å². The number of carbonyl (C=O) groups excluding carboxylic acids is 2. The van der Waals surface area contributed by atoms with Crippen LogP contribution in [0.3, 0.4) is 0 Å². The Labute approximate surface area is 185 Å².